The van der Waals surface area contributed by atoms with Crippen LogP contribution in [0.4, 0.5) is 11.4 Å². The topological polar surface area (TPSA) is 111 Å². The number of carbonyl (C=O) groups is 3. The van der Waals surface area contributed by atoms with Crippen molar-refractivity contribution in [2.24, 2.45) is 5.73 Å². The third-order valence-corrected chi connectivity index (χ3v) is 3.79. The number of rotatable bonds is 4. The SMILES string of the molecule is CC1Oc2ccc(CC(=O)Nc3ccc(C(N)=O)cc3)cc2NC1=O. The molecule has 7 heteroatoms. The second-order valence-electron chi connectivity index (χ2n) is 5.75. The summed E-state index contributed by atoms with van der Waals surface area (Å²) in [5, 5.41) is 5.49. The summed E-state index contributed by atoms with van der Waals surface area (Å²) in [5.74, 6) is -0.379. The van der Waals surface area contributed by atoms with Crippen LogP contribution < -0.4 is 21.1 Å². The molecule has 3 rings (SSSR count). The minimum Gasteiger partial charge on any atom is -0.479 e. The zero-order valence-corrected chi connectivity index (χ0v) is 13.5. The molecule has 1 aliphatic heterocycles. The molecule has 1 unspecified atom stereocenters. The Kier molecular flexibility index (Phi) is 4.38. The van der Waals surface area contributed by atoms with Gasteiger partial charge in [0.2, 0.25) is 11.8 Å². The number of ether oxygens (including phenoxy) is 1. The summed E-state index contributed by atoms with van der Waals surface area (Å²) in [6.45, 7) is 1.67. The lowest BCUT2D eigenvalue weighted by molar-refractivity contribution is -0.122. The standard InChI is InChI=1S/C18H17N3O4/c1-10-18(24)21-14-8-11(2-7-15(14)25-10)9-16(22)20-13-5-3-12(4-6-13)17(19)23/h2-8,10H,9H2,1H3,(H2,19,23)(H,20,22)(H,21,24). The fourth-order valence-corrected chi connectivity index (χ4v) is 2.47. The summed E-state index contributed by atoms with van der Waals surface area (Å²) in [7, 11) is 0. The van der Waals surface area contributed by atoms with E-state index in [1.807, 2.05) is 0 Å². The number of anilines is 2. The molecule has 2 aromatic carbocycles. The van der Waals surface area contributed by atoms with Crippen molar-refractivity contribution in [3.8, 4) is 5.75 Å². The highest BCUT2D eigenvalue weighted by Gasteiger charge is 2.23. The zero-order chi connectivity index (χ0) is 18.0. The highest BCUT2D eigenvalue weighted by molar-refractivity contribution is 5.98. The Morgan fingerprint density at radius 3 is 2.60 bits per heavy atom. The van der Waals surface area contributed by atoms with Crippen LogP contribution >= 0.6 is 0 Å². The Morgan fingerprint density at radius 2 is 1.92 bits per heavy atom. The van der Waals surface area contributed by atoms with Gasteiger partial charge in [0.15, 0.2) is 6.10 Å². The number of carbonyl (C=O) groups excluding carboxylic acids is 3. The molecule has 25 heavy (non-hydrogen) atoms. The number of fused-ring (bicyclic) bond motifs is 1. The summed E-state index contributed by atoms with van der Waals surface area (Å²) in [6, 6.07) is 11.5. The predicted molar refractivity (Wildman–Crippen MR) is 92.5 cm³/mol. The molecule has 128 valence electrons. The Bertz CT molecular complexity index is 846. The molecule has 0 saturated heterocycles. The number of nitrogens with two attached hydrogens (primary N) is 1. The Hall–Kier alpha value is -3.35. The van der Waals surface area contributed by atoms with E-state index in [1.54, 1.807) is 49.4 Å². The monoisotopic (exact) mass is 339 g/mol. The fourth-order valence-electron chi connectivity index (χ4n) is 2.47. The number of hydrogen-bond donors (Lipinski definition) is 3. The predicted octanol–water partition coefficient (Wildman–Crippen LogP) is 1.69. The summed E-state index contributed by atoms with van der Waals surface area (Å²) in [6.07, 6.45) is -0.402. The van der Waals surface area contributed by atoms with Crippen molar-refractivity contribution in [3.63, 3.8) is 0 Å². The number of primary amides is 1. The third kappa shape index (κ3) is 3.77. The van der Waals surface area contributed by atoms with E-state index in [0.29, 0.717) is 22.7 Å². The van der Waals surface area contributed by atoms with E-state index < -0.39 is 12.0 Å². The summed E-state index contributed by atoms with van der Waals surface area (Å²) >= 11 is 0. The van der Waals surface area contributed by atoms with Crippen LogP contribution in [0, 0.1) is 0 Å². The maximum Gasteiger partial charge on any atom is 0.265 e. The van der Waals surface area contributed by atoms with E-state index in [1.165, 1.54) is 0 Å². The van der Waals surface area contributed by atoms with E-state index in [4.69, 9.17) is 10.5 Å². The van der Waals surface area contributed by atoms with Crippen LogP contribution in [0.5, 0.6) is 5.75 Å². The van der Waals surface area contributed by atoms with Gasteiger partial charge >= 0.3 is 0 Å². The number of benzene rings is 2. The van der Waals surface area contributed by atoms with Gasteiger partial charge in [-0.25, -0.2) is 0 Å². The van der Waals surface area contributed by atoms with Crippen molar-refractivity contribution in [3.05, 3.63) is 53.6 Å². The summed E-state index contributed by atoms with van der Waals surface area (Å²) in [4.78, 5) is 34.9. The Balaban J connectivity index is 1.66. The molecule has 0 fully saturated rings. The lowest BCUT2D eigenvalue weighted by atomic mass is 10.1. The molecule has 2 aromatic rings. The maximum absolute atomic E-state index is 12.2. The van der Waals surface area contributed by atoms with Crippen LogP contribution in [0.25, 0.3) is 0 Å². The van der Waals surface area contributed by atoms with Gasteiger partial charge in [-0.05, 0) is 48.9 Å². The van der Waals surface area contributed by atoms with Gasteiger partial charge in [-0.1, -0.05) is 6.07 Å². The number of amides is 3. The first-order valence-electron chi connectivity index (χ1n) is 7.72. The molecule has 0 saturated carbocycles. The molecule has 3 amide bonds. The van der Waals surface area contributed by atoms with Crippen LogP contribution in [0.15, 0.2) is 42.5 Å². The van der Waals surface area contributed by atoms with E-state index in [9.17, 15) is 14.4 Å². The number of nitrogens with one attached hydrogen (secondary N) is 2. The van der Waals surface area contributed by atoms with E-state index >= 15 is 0 Å². The molecule has 0 aromatic heterocycles. The second-order valence-corrected chi connectivity index (χ2v) is 5.75. The Labute approximate surface area is 144 Å². The van der Waals surface area contributed by atoms with Crippen LogP contribution in [-0.2, 0) is 16.0 Å². The molecule has 4 N–H and O–H groups in total. The van der Waals surface area contributed by atoms with Crippen LogP contribution in [-0.4, -0.2) is 23.8 Å². The Morgan fingerprint density at radius 1 is 1.20 bits per heavy atom. The first kappa shape index (κ1) is 16.5. The van der Waals surface area contributed by atoms with Gasteiger partial charge in [0, 0.05) is 11.3 Å². The summed E-state index contributed by atoms with van der Waals surface area (Å²) < 4.78 is 5.48. The van der Waals surface area contributed by atoms with Crippen LogP contribution in [0.2, 0.25) is 0 Å². The molecule has 1 heterocycles. The van der Waals surface area contributed by atoms with Gasteiger partial charge in [0.1, 0.15) is 5.75 Å². The molecule has 1 atom stereocenters. The van der Waals surface area contributed by atoms with Crippen molar-refractivity contribution in [2.75, 3.05) is 10.6 Å². The van der Waals surface area contributed by atoms with Crippen molar-refractivity contribution in [2.45, 2.75) is 19.4 Å². The van der Waals surface area contributed by atoms with Crippen LogP contribution in [0.1, 0.15) is 22.8 Å². The smallest absolute Gasteiger partial charge is 0.265 e. The van der Waals surface area contributed by atoms with Gasteiger partial charge in [0.05, 0.1) is 12.1 Å². The first-order chi connectivity index (χ1) is 11.9. The van der Waals surface area contributed by atoms with Gasteiger partial charge in [-0.15, -0.1) is 0 Å². The van der Waals surface area contributed by atoms with E-state index in [-0.39, 0.29) is 18.2 Å². The van der Waals surface area contributed by atoms with Gasteiger partial charge in [-0.2, -0.15) is 0 Å². The molecular formula is C18H17N3O4. The fraction of sp³-hybridized carbons (Fsp3) is 0.167. The van der Waals surface area contributed by atoms with E-state index in [0.717, 1.165) is 5.56 Å². The van der Waals surface area contributed by atoms with Crippen LogP contribution in [0.3, 0.4) is 0 Å². The van der Waals surface area contributed by atoms with E-state index in [2.05, 4.69) is 10.6 Å². The molecule has 0 bridgehead atoms. The highest BCUT2D eigenvalue weighted by Crippen LogP contribution is 2.30. The van der Waals surface area contributed by atoms with Gasteiger partial charge < -0.3 is 21.1 Å². The number of hydrogen-bond acceptors (Lipinski definition) is 4. The maximum atomic E-state index is 12.2. The molecule has 7 nitrogen and oxygen atoms in total. The zero-order valence-electron chi connectivity index (χ0n) is 13.5. The third-order valence-electron chi connectivity index (χ3n) is 3.79. The quantitative estimate of drug-likeness (QED) is 0.787. The summed E-state index contributed by atoms with van der Waals surface area (Å²) in [5.41, 5.74) is 7.41. The normalized spacial score (nSPS) is 15.6. The van der Waals surface area contributed by atoms with Crippen molar-refractivity contribution in [1.82, 2.24) is 0 Å². The van der Waals surface area contributed by atoms with Gasteiger partial charge in [-0.3, -0.25) is 14.4 Å². The largest absolute Gasteiger partial charge is 0.479 e. The minimum atomic E-state index is -0.537. The lowest BCUT2D eigenvalue weighted by Gasteiger charge is -2.23. The second kappa shape index (κ2) is 6.64. The minimum absolute atomic E-state index is 0.135. The molecule has 0 radical (unpaired) electrons. The van der Waals surface area contributed by atoms with Crippen molar-refractivity contribution >= 4 is 29.1 Å². The molecular weight excluding hydrogens is 322 g/mol. The first-order valence-corrected chi connectivity index (χ1v) is 7.72. The average Bonchev–Trinajstić information content (AvgIpc) is 2.56. The lowest BCUT2D eigenvalue weighted by Crippen LogP contribution is -2.34. The molecule has 0 spiro atoms. The van der Waals surface area contributed by atoms with Crippen molar-refractivity contribution < 1.29 is 19.1 Å². The van der Waals surface area contributed by atoms with Crippen molar-refractivity contribution in [1.29, 1.82) is 0 Å². The van der Waals surface area contributed by atoms with Gasteiger partial charge in [0.25, 0.3) is 5.91 Å². The molecule has 1 aliphatic rings. The average molecular weight is 339 g/mol. The molecule has 0 aliphatic carbocycles. The highest BCUT2D eigenvalue weighted by atomic mass is 16.5.